The van der Waals surface area contributed by atoms with Gasteiger partial charge in [0, 0.05) is 4.47 Å². The fourth-order valence-corrected chi connectivity index (χ4v) is 3.51. The number of aromatic nitrogens is 1. The fourth-order valence-electron chi connectivity index (χ4n) is 2.59. The minimum absolute atomic E-state index is 1.07. The Morgan fingerprint density at radius 3 is 2.08 bits per heavy atom. The maximum atomic E-state index is 4.40. The number of rotatable bonds is 3. The molecule has 0 aliphatic carbocycles. The quantitative estimate of drug-likeness (QED) is 0.346. The Bertz CT molecular complexity index is 998. The molecule has 4 rings (SSSR count). The zero-order valence-corrected chi connectivity index (χ0v) is 15.2. The zero-order chi connectivity index (χ0) is 16.4. The Morgan fingerprint density at radius 1 is 0.750 bits per heavy atom. The van der Waals surface area contributed by atoms with E-state index in [2.05, 4.69) is 99.8 Å². The van der Waals surface area contributed by atoms with Crippen molar-refractivity contribution in [1.82, 2.24) is 4.98 Å². The van der Waals surface area contributed by atoms with Gasteiger partial charge in [0.2, 0.25) is 0 Å². The van der Waals surface area contributed by atoms with Gasteiger partial charge in [0.1, 0.15) is 0 Å². The van der Waals surface area contributed by atoms with Gasteiger partial charge < -0.3 is 0 Å². The summed E-state index contributed by atoms with van der Waals surface area (Å²) in [4.78, 5) is 4.40. The minimum atomic E-state index is 1.07. The van der Waals surface area contributed by atoms with E-state index >= 15 is 0 Å². The van der Waals surface area contributed by atoms with Gasteiger partial charge in [0.15, 0.2) is 0 Å². The highest BCUT2D eigenvalue weighted by molar-refractivity contribution is 9.10. The van der Waals surface area contributed by atoms with Crippen LogP contribution in [0.15, 0.2) is 76.7 Å². The van der Waals surface area contributed by atoms with Crippen molar-refractivity contribution in [3.8, 4) is 11.1 Å². The summed E-state index contributed by atoms with van der Waals surface area (Å²) in [6.07, 6.45) is 4.26. The Hall–Kier alpha value is -2.23. The lowest BCUT2D eigenvalue weighted by Crippen LogP contribution is -1.79. The van der Waals surface area contributed by atoms with Crippen LogP contribution in [0.3, 0.4) is 0 Å². The number of hydrogen-bond acceptors (Lipinski definition) is 2. The predicted molar refractivity (Wildman–Crippen MR) is 108 cm³/mol. The number of nitrogens with zero attached hydrogens (tertiary/aromatic N) is 1. The van der Waals surface area contributed by atoms with Gasteiger partial charge in [-0.2, -0.15) is 0 Å². The Balaban J connectivity index is 1.56. The summed E-state index contributed by atoms with van der Waals surface area (Å²) in [5.41, 5.74) is 7.76. The summed E-state index contributed by atoms with van der Waals surface area (Å²) in [6, 6.07) is 23.4. The second kappa shape index (κ2) is 6.71. The van der Waals surface area contributed by atoms with Crippen LogP contribution >= 0.6 is 27.3 Å². The average molecular weight is 392 g/mol. The van der Waals surface area contributed by atoms with Crippen molar-refractivity contribution in [3.05, 3.63) is 87.8 Å². The molecule has 1 heterocycles. The van der Waals surface area contributed by atoms with E-state index in [9.17, 15) is 0 Å². The molecule has 0 bridgehead atoms. The number of halogens is 1. The van der Waals surface area contributed by atoms with Gasteiger partial charge in [-0.3, -0.25) is 0 Å². The van der Waals surface area contributed by atoms with Gasteiger partial charge in [0.05, 0.1) is 15.7 Å². The van der Waals surface area contributed by atoms with Crippen LogP contribution < -0.4 is 0 Å². The van der Waals surface area contributed by atoms with Crippen molar-refractivity contribution in [2.45, 2.75) is 0 Å². The molecule has 0 saturated heterocycles. The highest BCUT2D eigenvalue weighted by atomic mass is 79.9. The lowest BCUT2D eigenvalue weighted by molar-refractivity contribution is 1.50. The van der Waals surface area contributed by atoms with Crippen LogP contribution in [-0.2, 0) is 0 Å². The first kappa shape index (κ1) is 15.3. The molecular weight excluding hydrogens is 378 g/mol. The summed E-state index contributed by atoms with van der Waals surface area (Å²) in [5.74, 6) is 0. The second-order valence-corrected chi connectivity index (χ2v) is 7.34. The van der Waals surface area contributed by atoms with E-state index < -0.39 is 0 Å². The molecule has 1 aromatic heterocycles. The van der Waals surface area contributed by atoms with Gasteiger partial charge in [-0.1, -0.05) is 70.5 Å². The number of fused-ring (bicyclic) bond motifs is 1. The lowest BCUT2D eigenvalue weighted by Gasteiger charge is -2.02. The van der Waals surface area contributed by atoms with E-state index in [1.807, 2.05) is 5.51 Å². The Labute approximate surface area is 153 Å². The highest BCUT2D eigenvalue weighted by Crippen LogP contribution is 2.26. The van der Waals surface area contributed by atoms with Crippen molar-refractivity contribution in [2.24, 2.45) is 0 Å². The van der Waals surface area contributed by atoms with Crippen LogP contribution in [0.4, 0.5) is 0 Å². The lowest BCUT2D eigenvalue weighted by atomic mass is 10.0. The first-order valence-corrected chi connectivity index (χ1v) is 9.32. The van der Waals surface area contributed by atoms with Gasteiger partial charge in [0.25, 0.3) is 0 Å². The molecule has 4 aromatic rings. The van der Waals surface area contributed by atoms with Crippen molar-refractivity contribution >= 4 is 49.6 Å². The molecule has 3 aromatic carbocycles. The van der Waals surface area contributed by atoms with Crippen LogP contribution in [0.2, 0.25) is 0 Å². The van der Waals surface area contributed by atoms with Crippen molar-refractivity contribution in [1.29, 1.82) is 0 Å². The summed E-state index contributed by atoms with van der Waals surface area (Å²) in [5, 5.41) is 0. The maximum absolute atomic E-state index is 4.40. The van der Waals surface area contributed by atoms with Crippen LogP contribution in [0, 0.1) is 0 Å². The molecule has 0 saturated carbocycles. The molecule has 3 heteroatoms. The molecular formula is C21H14BrNS. The molecule has 0 aliphatic heterocycles. The third-order valence-corrected chi connectivity index (χ3v) is 5.25. The number of thiazole rings is 1. The summed E-state index contributed by atoms with van der Waals surface area (Å²) in [7, 11) is 0. The normalized spacial score (nSPS) is 11.4. The van der Waals surface area contributed by atoms with Gasteiger partial charge in [-0.15, -0.1) is 11.3 Å². The maximum Gasteiger partial charge on any atom is 0.0818 e. The molecule has 0 amide bonds. The van der Waals surface area contributed by atoms with Gasteiger partial charge >= 0.3 is 0 Å². The van der Waals surface area contributed by atoms with Gasteiger partial charge in [-0.05, 0) is 46.5 Å². The molecule has 0 fully saturated rings. The van der Waals surface area contributed by atoms with E-state index in [0.29, 0.717) is 0 Å². The summed E-state index contributed by atoms with van der Waals surface area (Å²) >= 11 is 5.13. The third-order valence-electron chi connectivity index (χ3n) is 3.91. The second-order valence-electron chi connectivity index (χ2n) is 5.54. The highest BCUT2D eigenvalue weighted by Gasteiger charge is 2.01. The first-order chi connectivity index (χ1) is 11.8. The molecule has 116 valence electrons. The van der Waals surface area contributed by atoms with Crippen LogP contribution in [0.5, 0.6) is 0 Å². The summed E-state index contributed by atoms with van der Waals surface area (Å²) < 4.78 is 2.33. The van der Waals surface area contributed by atoms with E-state index in [4.69, 9.17) is 0 Å². The van der Waals surface area contributed by atoms with E-state index in [0.717, 1.165) is 9.99 Å². The number of benzene rings is 3. The van der Waals surface area contributed by atoms with Crippen molar-refractivity contribution in [3.63, 3.8) is 0 Å². The topological polar surface area (TPSA) is 12.9 Å². The molecule has 24 heavy (non-hydrogen) atoms. The summed E-state index contributed by atoms with van der Waals surface area (Å²) in [6.45, 7) is 0. The van der Waals surface area contributed by atoms with Gasteiger partial charge in [-0.25, -0.2) is 4.98 Å². The van der Waals surface area contributed by atoms with Crippen molar-refractivity contribution < 1.29 is 0 Å². The van der Waals surface area contributed by atoms with E-state index in [-0.39, 0.29) is 0 Å². The molecule has 0 unspecified atom stereocenters. The molecule has 0 spiro atoms. The smallest absolute Gasteiger partial charge is 0.0818 e. The number of hydrogen-bond donors (Lipinski definition) is 0. The SMILES string of the molecule is Brc1ccc(/C=C/c2ccc(-c3ccc4scnc4c3)cc2)cc1. The molecule has 0 aliphatic rings. The monoisotopic (exact) mass is 391 g/mol. The van der Waals surface area contributed by atoms with E-state index in [1.165, 1.54) is 27.0 Å². The average Bonchev–Trinajstić information content (AvgIpc) is 3.09. The largest absolute Gasteiger partial charge is 0.245 e. The minimum Gasteiger partial charge on any atom is -0.245 e. The van der Waals surface area contributed by atoms with Crippen molar-refractivity contribution in [2.75, 3.05) is 0 Å². The molecule has 0 atom stereocenters. The fraction of sp³-hybridized carbons (Fsp3) is 0. The molecule has 0 N–H and O–H groups in total. The Morgan fingerprint density at radius 2 is 1.38 bits per heavy atom. The van der Waals surface area contributed by atoms with Crippen LogP contribution in [-0.4, -0.2) is 4.98 Å². The third kappa shape index (κ3) is 3.32. The first-order valence-electron chi connectivity index (χ1n) is 7.65. The van der Waals surface area contributed by atoms with Crippen LogP contribution in [0.1, 0.15) is 11.1 Å². The predicted octanol–water partition coefficient (Wildman–Crippen LogP) is 6.90. The standard InChI is InChI=1S/C21H14BrNS/c22-19-10-5-16(6-11-19)2-1-15-3-7-17(8-4-15)18-9-12-21-20(13-18)23-14-24-21/h1-14H/b2-1+. The molecule has 1 nitrogen and oxygen atoms in total. The van der Waals surface area contributed by atoms with Crippen LogP contribution in [0.25, 0.3) is 33.5 Å². The Kier molecular flexibility index (Phi) is 4.28. The zero-order valence-electron chi connectivity index (χ0n) is 12.8. The molecule has 0 radical (unpaired) electrons. The van der Waals surface area contributed by atoms with E-state index in [1.54, 1.807) is 11.3 Å².